The third-order valence-corrected chi connectivity index (χ3v) is 4.96. The lowest BCUT2D eigenvalue weighted by atomic mass is 9.99. The molecule has 0 aromatic heterocycles. The van der Waals surface area contributed by atoms with Crippen molar-refractivity contribution in [3.8, 4) is 0 Å². The molecule has 1 amide bonds. The highest BCUT2D eigenvalue weighted by atomic mass is 16.2. The Morgan fingerprint density at radius 2 is 2.05 bits per heavy atom. The molecule has 1 atom stereocenters. The van der Waals surface area contributed by atoms with E-state index in [2.05, 4.69) is 29.0 Å². The van der Waals surface area contributed by atoms with E-state index in [1.807, 2.05) is 0 Å². The molecular formula is C17H33N3O. The van der Waals surface area contributed by atoms with E-state index in [1.54, 1.807) is 0 Å². The number of hydrogen-bond donors (Lipinski definition) is 1. The van der Waals surface area contributed by atoms with Gasteiger partial charge in [0.25, 0.3) is 0 Å². The van der Waals surface area contributed by atoms with Crippen LogP contribution in [0, 0.1) is 5.92 Å². The first-order valence-electron chi connectivity index (χ1n) is 8.92. The summed E-state index contributed by atoms with van der Waals surface area (Å²) in [4.78, 5) is 17.0. The molecule has 0 aliphatic carbocycles. The van der Waals surface area contributed by atoms with Crippen LogP contribution >= 0.6 is 0 Å². The second-order valence-electron chi connectivity index (χ2n) is 6.95. The number of hydrogen-bond acceptors (Lipinski definition) is 3. The molecule has 2 rings (SSSR count). The summed E-state index contributed by atoms with van der Waals surface area (Å²) in [6.07, 6.45) is 7.28. The normalized spacial score (nSPS) is 24.0. The summed E-state index contributed by atoms with van der Waals surface area (Å²) in [5.41, 5.74) is 0. The Hall–Kier alpha value is -0.610. The Morgan fingerprint density at radius 3 is 2.67 bits per heavy atom. The molecule has 0 aromatic rings. The third-order valence-electron chi connectivity index (χ3n) is 4.96. The van der Waals surface area contributed by atoms with Gasteiger partial charge >= 0.3 is 0 Å². The highest BCUT2D eigenvalue weighted by Crippen LogP contribution is 2.16. The van der Waals surface area contributed by atoms with Crippen LogP contribution in [0.1, 0.15) is 52.4 Å². The zero-order chi connectivity index (χ0) is 15.1. The predicted octanol–water partition coefficient (Wildman–Crippen LogP) is 2.10. The van der Waals surface area contributed by atoms with Crippen molar-refractivity contribution < 1.29 is 4.79 Å². The molecule has 0 bridgehead atoms. The fourth-order valence-corrected chi connectivity index (χ4v) is 3.39. The van der Waals surface area contributed by atoms with Crippen LogP contribution in [0.2, 0.25) is 0 Å². The van der Waals surface area contributed by atoms with E-state index in [1.165, 1.54) is 38.5 Å². The number of unbranched alkanes of at least 4 members (excludes halogenated alkanes) is 1. The maximum Gasteiger partial charge on any atom is 0.236 e. The minimum atomic E-state index is 0.344. The van der Waals surface area contributed by atoms with Crippen LogP contribution in [-0.4, -0.2) is 61.0 Å². The van der Waals surface area contributed by atoms with E-state index in [0.29, 0.717) is 18.5 Å². The van der Waals surface area contributed by atoms with Gasteiger partial charge in [-0.3, -0.25) is 9.69 Å². The van der Waals surface area contributed by atoms with Crippen molar-refractivity contribution in [3.05, 3.63) is 0 Å². The lowest BCUT2D eigenvalue weighted by Gasteiger charge is -2.33. The highest BCUT2D eigenvalue weighted by Gasteiger charge is 2.24. The minimum Gasteiger partial charge on any atom is -0.342 e. The lowest BCUT2D eigenvalue weighted by Crippen LogP contribution is -2.46. The van der Waals surface area contributed by atoms with Crippen molar-refractivity contribution >= 4 is 5.91 Å². The molecule has 2 heterocycles. The van der Waals surface area contributed by atoms with E-state index in [9.17, 15) is 4.79 Å². The fourth-order valence-electron chi connectivity index (χ4n) is 3.39. The summed E-state index contributed by atoms with van der Waals surface area (Å²) in [6.45, 7) is 10.3. The summed E-state index contributed by atoms with van der Waals surface area (Å²) in [5.74, 6) is 1.13. The Labute approximate surface area is 130 Å². The maximum atomic E-state index is 12.5. The third kappa shape index (κ3) is 5.59. The zero-order valence-corrected chi connectivity index (χ0v) is 13.9. The number of amides is 1. The first-order valence-corrected chi connectivity index (χ1v) is 8.92. The average Bonchev–Trinajstić information content (AvgIpc) is 2.98. The first-order chi connectivity index (χ1) is 10.2. The van der Waals surface area contributed by atoms with Crippen LogP contribution in [0.5, 0.6) is 0 Å². The van der Waals surface area contributed by atoms with Crippen molar-refractivity contribution in [2.45, 2.75) is 58.4 Å². The summed E-state index contributed by atoms with van der Waals surface area (Å²) >= 11 is 0. The molecule has 1 unspecified atom stereocenters. The topological polar surface area (TPSA) is 35.6 Å². The Balaban J connectivity index is 1.79. The zero-order valence-electron chi connectivity index (χ0n) is 13.9. The van der Waals surface area contributed by atoms with Gasteiger partial charge in [0, 0.05) is 25.7 Å². The van der Waals surface area contributed by atoms with Gasteiger partial charge in [-0.1, -0.05) is 20.3 Å². The summed E-state index contributed by atoms with van der Waals surface area (Å²) in [5, 5.41) is 3.56. The molecule has 4 heteroatoms. The van der Waals surface area contributed by atoms with Gasteiger partial charge in [0.1, 0.15) is 0 Å². The number of carbonyl (C=O) groups excluding carboxylic acids is 1. The number of rotatable bonds is 7. The number of nitrogens with one attached hydrogen (secondary N) is 1. The van der Waals surface area contributed by atoms with Gasteiger partial charge in [-0.25, -0.2) is 0 Å². The van der Waals surface area contributed by atoms with Gasteiger partial charge in [0.2, 0.25) is 5.91 Å². The number of piperidine rings is 1. The van der Waals surface area contributed by atoms with Crippen LogP contribution in [0.25, 0.3) is 0 Å². The second kappa shape index (κ2) is 8.74. The second-order valence-corrected chi connectivity index (χ2v) is 6.95. The number of carbonyl (C=O) groups is 1. The number of nitrogens with zero attached hydrogens (tertiary/aromatic N) is 2. The molecule has 0 saturated carbocycles. The summed E-state index contributed by atoms with van der Waals surface area (Å²) in [7, 11) is 0. The predicted molar refractivity (Wildman–Crippen MR) is 87.4 cm³/mol. The largest absolute Gasteiger partial charge is 0.342 e. The van der Waals surface area contributed by atoms with Gasteiger partial charge in [-0.05, 0) is 51.1 Å². The van der Waals surface area contributed by atoms with Crippen molar-refractivity contribution in [1.29, 1.82) is 0 Å². The molecule has 0 spiro atoms. The number of likely N-dealkylation sites (tertiary alicyclic amines) is 1. The first kappa shape index (κ1) is 16.8. The molecule has 0 radical (unpaired) electrons. The molecule has 2 saturated heterocycles. The molecule has 4 nitrogen and oxygen atoms in total. The molecule has 122 valence electrons. The van der Waals surface area contributed by atoms with Crippen LogP contribution in [-0.2, 0) is 4.79 Å². The van der Waals surface area contributed by atoms with Crippen LogP contribution in [0.3, 0.4) is 0 Å². The Morgan fingerprint density at radius 1 is 1.29 bits per heavy atom. The van der Waals surface area contributed by atoms with Crippen molar-refractivity contribution in [2.24, 2.45) is 5.92 Å². The highest BCUT2D eigenvalue weighted by molar-refractivity contribution is 5.78. The Bertz CT molecular complexity index is 307. The minimum absolute atomic E-state index is 0.344. The standard InChI is InChI=1S/C17H33N3O/c1-3-4-10-19(13-16-6-5-9-18-16)14-17(21)20-11-7-15(2)8-12-20/h15-16,18H,3-14H2,1-2H3. The van der Waals surface area contributed by atoms with Crippen LogP contribution in [0.15, 0.2) is 0 Å². The average molecular weight is 295 g/mol. The van der Waals surface area contributed by atoms with Crippen molar-refractivity contribution in [3.63, 3.8) is 0 Å². The van der Waals surface area contributed by atoms with Gasteiger partial charge in [-0.2, -0.15) is 0 Å². The van der Waals surface area contributed by atoms with Gasteiger partial charge in [0.05, 0.1) is 6.54 Å². The van der Waals surface area contributed by atoms with E-state index >= 15 is 0 Å². The lowest BCUT2D eigenvalue weighted by molar-refractivity contribution is -0.133. The van der Waals surface area contributed by atoms with Gasteiger partial charge in [0.15, 0.2) is 0 Å². The molecule has 2 aliphatic rings. The van der Waals surface area contributed by atoms with E-state index in [0.717, 1.165) is 38.6 Å². The molecule has 0 aromatic carbocycles. The van der Waals surface area contributed by atoms with Crippen molar-refractivity contribution in [1.82, 2.24) is 15.1 Å². The van der Waals surface area contributed by atoms with Gasteiger partial charge < -0.3 is 10.2 Å². The van der Waals surface area contributed by atoms with Gasteiger partial charge in [-0.15, -0.1) is 0 Å². The maximum absolute atomic E-state index is 12.5. The molecule has 2 aliphatic heterocycles. The molecular weight excluding hydrogens is 262 g/mol. The molecule has 1 N–H and O–H groups in total. The quantitative estimate of drug-likeness (QED) is 0.781. The molecule has 21 heavy (non-hydrogen) atoms. The molecule has 2 fully saturated rings. The summed E-state index contributed by atoms with van der Waals surface area (Å²) < 4.78 is 0. The van der Waals surface area contributed by atoms with E-state index in [-0.39, 0.29) is 0 Å². The van der Waals surface area contributed by atoms with Crippen LogP contribution < -0.4 is 5.32 Å². The summed E-state index contributed by atoms with van der Waals surface area (Å²) in [6, 6.07) is 0.594. The van der Waals surface area contributed by atoms with Crippen molar-refractivity contribution in [2.75, 3.05) is 39.3 Å². The Kier molecular flexibility index (Phi) is 6.97. The fraction of sp³-hybridized carbons (Fsp3) is 0.941. The smallest absolute Gasteiger partial charge is 0.236 e. The SMILES string of the molecule is CCCCN(CC(=O)N1CCC(C)CC1)CC1CCCN1. The van der Waals surface area contributed by atoms with E-state index in [4.69, 9.17) is 0 Å². The van der Waals surface area contributed by atoms with Crippen LogP contribution in [0.4, 0.5) is 0 Å². The monoisotopic (exact) mass is 295 g/mol. The van der Waals surface area contributed by atoms with E-state index < -0.39 is 0 Å².